The zero-order valence-corrected chi connectivity index (χ0v) is 7.80. The maximum atomic E-state index is 5.83. The van der Waals surface area contributed by atoms with Crippen molar-refractivity contribution in [3.05, 3.63) is 17.0 Å². The third-order valence-corrected chi connectivity index (χ3v) is 2.03. The van der Waals surface area contributed by atoms with Gasteiger partial charge in [0.1, 0.15) is 17.3 Å². The van der Waals surface area contributed by atoms with Crippen molar-refractivity contribution in [3.8, 4) is 0 Å². The summed E-state index contributed by atoms with van der Waals surface area (Å²) in [5.74, 6) is 0.503. The van der Waals surface area contributed by atoms with Gasteiger partial charge in [-0.05, 0) is 12.8 Å². The van der Waals surface area contributed by atoms with E-state index in [-0.39, 0.29) is 0 Å². The largest absolute Gasteiger partial charge is 0.383 e. The molecule has 0 spiro atoms. The van der Waals surface area contributed by atoms with E-state index in [0.29, 0.717) is 11.0 Å². The highest BCUT2D eigenvalue weighted by molar-refractivity contribution is 6.30. The Morgan fingerprint density at radius 1 is 1.50 bits per heavy atom. The Morgan fingerprint density at radius 3 is 2.83 bits per heavy atom. The second-order valence-corrected chi connectivity index (χ2v) is 2.99. The predicted octanol–water partition coefficient (Wildman–Crippen LogP) is 2.05. The first-order chi connectivity index (χ1) is 5.75. The van der Waals surface area contributed by atoms with Crippen molar-refractivity contribution >= 4 is 17.4 Å². The van der Waals surface area contributed by atoms with Crippen molar-refractivity contribution in [3.63, 3.8) is 0 Å². The SMILES string of the molecule is CCCCc1c(N)ncnc1Cl. The van der Waals surface area contributed by atoms with Crippen LogP contribution in [-0.2, 0) is 6.42 Å². The molecule has 0 atom stereocenters. The van der Waals surface area contributed by atoms with Crippen molar-refractivity contribution in [1.29, 1.82) is 0 Å². The van der Waals surface area contributed by atoms with E-state index in [0.717, 1.165) is 24.8 Å². The predicted molar refractivity (Wildman–Crippen MR) is 50.1 cm³/mol. The van der Waals surface area contributed by atoms with E-state index >= 15 is 0 Å². The molecular formula is C8H12ClN3. The molecule has 1 rings (SSSR count). The summed E-state index contributed by atoms with van der Waals surface area (Å²) in [6.07, 6.45) is 4.43. The Kier molecular flexibility index (Phi) is 3.29. The van der Waals surface area contributed by atoms with Gasteiger partial charge in [-0.2, -0.15) is 0 Å². The van der Waals surface area contributed by atoms with Crippen LogP contribution in [0.4, 0.5) is 5.82 Å². The van der Waals surface area contributed by atoms with E-state index in [4.69, 9.17) is 17.3 Å². The molecule has 3 nitrogen and oxygen atoms in total. The second-order valence-electron chi connectivity index (χ2n) is 2.63. The molecule has 1 aromatic heterocycles. The van der Waals surface area contributed by atoms with Gasteiger partial charge in [0.25, 0.3) is 0 Å². The van der Waals surface area contributed by atoms with Crippen LogP contribution in [0.15, 0.2) is 6.33 Å². The van der Waals surface area contributed by atoms with Crippen LogP contribution in [0.5, 0.6) is 0 Å². The molecule has 4 heteroatoms. The minimum absolute atomic E-state index is 0.482. The molecule has 0 saturated heterocycles. The molecule has 2 N–H and O–H groups in total. The lowest BCUT2D eigenvalue weighted by atomic mass is 10.1. The van der Waals surface area contributed by atoms with Gasteiger partial charge < -0.3 is 5.73 Å². The number of unbranched alkanes of at least 4 members (excludes halogenated alkanes) is 1. The number of rotatable bonds is 3. The van der Waals surface area contributed by atoms with Gasteiger partial charge in [0.05, 0.1) is 0 Å². The van der Waals surface area contributed by atoms with Crippen LogP contribution in [0.25, 0.3) is 0 Å². The molecule has 0 aliphatic heterocycles. The molecule has 0 saturated carbocycles. The van der Waals surface area contributed by atoms with Crippen LogP contribution in [0, 0.1) is 0 Å². The highest BCUT2D eigenvalue weighted by Crippen LogP contribution is 2.18. The molecule has 12 heavy (non-hydrogen) atoms. The molecule has 1 heterocycles. The number of halogens is 1. The quantitative estimate of drug-likeness (QED) is 0.734. The standard InChI is InChI=1S/C8H12ClN3/c1-2-3-4-6-7(9)11-5-12-8(6)10/h5H,2-4H2,1H3,(H2,10,11,12). The molecule has 0 amide bonds. The lowest BCUT2D eigenvalue weighted by Gasteiger charge is -2.03. The third kappa shape index (κ3) is 2.08. The van der Waals surface area contributed by atoms with Crippen LogP contribution in [0.1, 0.15) is 25.3 Å². The minimum Gasteiger partial charge on any atom is -0.383 e. The monoisotopic (exact) mass is 185 g/mol. The summed E-state index contributed by atoms with van der Waals surface area (Å²) >= 11 is 5.83. The average molecular weight is 186 g/mol. The normalized spacial score (nSPS) is 10.2. The first-order valence-corrected chi connectivity index (χ1v) is 4.38. The van der Waals surface area contributed by atoms with Crippen LogP contribution in [0.3, 0.4) is 0 Å². The number of nitrogens with zero attached hydrogens (tertiary/aromatic N) is 2. The fraction of sp³-hybridized carbons (Fsp3) is 0.500. The molecule has 0 aromatic carbocycles. The summed E-state index contributed by atoms with van der Waals surface area (Å²) in [6.45, 7) is 2.12. The van der Waals surface area contributed by atoms with Crippen molar-refractivity contribution in [2.24, 2.45) is 0 Å². The van der Waals surface area contributed by atoms with Crippen LogP contribution in [0.2, 0.25) is 5.15 Å². The third-order valence-electron chi connectivity index (χ3n) is 1.71. The van der Waals surface area contributed by atoms with E-state index in [2.05, 4.69) is 16.9 Å². The smallest absolute Gasteiger partial charge is 0.137 e. The lowest BCUT2D eigenvalue weighted by molar-refractivity contribution is 0.790. The average Bonchev–Trinajstić information content (AvgIpc) is 2.04. The summed E-state index contributed by atoms with van der Waals surface area (Å²) in [5.41, 5.74) is 6.50. The van der Waals surface area contributed by atoms with Crippen LogP contribution >= 0.6 is 11.6 Å². The number of aromatic nitrogens is 2. The summed E-state index contributed by atoms with van der Waals surface area (Å²) < 4.78 is 0. The molecule has 0 aliphatic rings. The molecule has 0 bridgehead atoms. The van der Waals surface area contributed by atoms with Gasteiger partial charge in [-0.1, -0.05) is 24.9 Å². The van der Waals surface area contributed by atoms with Gasteiger partial charge >= 0.3 is 0 Å². The highest BCUT2D eigenvalue weighted by Gasteiger charge is 2.05. The topological polar surface area (TPSA) is 51.8 Å². The number of anilines is 1. The first-order valence-electron chi connectivity index (χ1n) is 4.00. The van der Waals surface area contributed by atoms with Gasteiger partial charge in [0.2, 0.25) is 0 Å². The van der Waals surface area contributed by atoms with Gasteiger partial charge in [-0.25, -0.2) is 9.97 Å². The zero-order valence-electron chi connectivity index (χ0n) is 7.05. The molecule has 0 radical (unpaired) electrons. The van der Waals surface area contributed by atoms with Crippen LogP contribution < -0.4 is 5.73 Å². The molecule has 0 fully saturated rings. The molecule has 66 valence electrons. The summed E-state index contributed by atoms with van der Waals surface area (Å²) in [5, 5.41) is 0.482. The Balaban J connectivity index is 2.81. The summed E-state index contributed by atoms with van der Waals surface area (Å²) in [7, 11) is 0. The van der Waals surface area contributed by atoms with E-state index in [9.17, 15) is 0 Å². The molecule has 0 aliphatic carbocycles. The van der Waals surface area contributed by atoms with Gasteiger partial charge in [-0.3, -0.25) is 0 Å². The van der Waals surface area contributed by atoms with Crippen molar-refractivity contribution < 1.29 is 0 Å². The fourth-order valence-electron chi connectivity index (χ4n) is 0.988. The maximum Gasteiger partial charge on any atom is 0.137 e. The number of hydrogen-bond donors (Lipinski definition) is 1. The van der Waals surface area contributed by atoms with Crippen molar-refractivity contribution in [2.75, 3.05) is 5.73 Å². The van der Waals surface area contributed by atoms with Crippen molar-refractivity contribution in [1.82, 2.24) is 9.97 Å². The molecular weight excluding hydrogens is 174 g/mol. The second kappa shape index (κ2) is 4.26. The van der Waals surface area contributed by atoms with E-state index < -0.39 is 0 Å². The lowest BCUT2D eigenvalue weighted by Crippen LogP contribution is -2.00. The van der Waals surface area contributed by atoms with Crippen molar-refractivity contribution in [2.45, 2.75) is 26.2 Å². The zero-order chi connectivity index (χ0) is 8.97. The number of hydrogen-bond acceptors (Lipinski definition) is 3. The van der Waals surface area contributed by atoms with Gasteiger partial charge in [-0.15, -0.1) is 0 Å². The minimum atomic E-state index is 0.482. The van der Waals surface area contributed by atoms with Crippen LogP contribution in [-0.4, -0.2) is 9.97 Å². The Bertz CT molecular complexity index is 242. The summed E-state index contributed by atoms with van der Waals surface area (Å²) in [6, 6.07) is 0. The van der Waals surface area contributed by atoms with Gasteiger partial charge in [0.15, 0.2) is 0 Å². The Hall–Kier alpha value is -0.830. The summed E-state index contributed by atoms with van der Waals surface area (Å²) in [4.78, 5) is 7.74. The molecule has 0 unspecified atom stereocenters. The van der Waals surface area contributed by atoms with E-state index in [1.165, 1.54) is 6.33 Å². The Morgan fingerprint density at radius 2 is 2.25 bits per heavy atom. The fourth-order valence-corrected chi connectivity index (χ4v) is 1.22. The number of nitrogen functional groups attached to an aromatic ring is 1. The van der Waals surface area contributed by atoms with Gasteiger partial charge in [0, 0.05) is 5.56 Å². The number of nitrogens with two attached hydrogens (primary N) is 1. The Labute approximate surface area is 77.0 Å². The first kappa shape index (κ1) is 9.26. The molecule has 1 aromatic rings. The highest BCUT2D eigenvalue weighted by atomic mass is 35.5. The maximum absolute atomic E-state index is 5.83. The van der Waals surface area contributed by atoms with E-state index in [1.807, 2.05) is 0 Å². The van der Waals surface area contributed by atoms with E-state index in [1.54, 1.807) is 0 Å².